The van der Waals surface area contributed by atoms with Crippen molar-refractivity contribution >= 4 is 6.09 Å². The van der Waals surface area contributed by atoms with Crippen LogP contribution in [0.2, 0.25) is 0 Å². The molecule has 1 saturated carbocycles. The third kappa shape index (κ3) is 5.31. The van der Waals surface area contributed by atoms with Crippen molar-refractivity contribution in [3.05, 3.63) is 71.3 Å². The summed E-state index contributed by atoms with van der Waals surface area (Å²) in [5.41, 5.74) is 3.10. The molecule has 0 unspecified atom stereocenters. The number of ether oxygens (including phenoxy) is 1. The molecule has 0 atom stereocenters. The van der Waals surface area contributed by atoms with E-state index in [4.69, 9.17) is 9.84 Å². The fourth-order valence-electron chi connectivity index (χ4n) is 2.86. The van der Waals surface area contributed by atoms with E-state index in [0.29, 0.717) is 12.6 Å². The highest BCUT2D eigenvalue weighted by Gasteiger charge is 2.30. The van der Waals surface area contributed by atoms with Gasteiger partial charge < -0.3 is 20.5 Å². The Labute approximate surface area is 148 Å². The van der Waals surface area contributed by atoms with E-state index < -0.39 is 0 Å². The zero-order valence-corrected chi connectivity index (χ0v) is 14.2. The third-order valence-corrected chi connectivity index (χ3v) is 4.47. The molecule has 5 heteroatoms. The number of benzene rings is 2. The van der Waals surface area contributed by atoms with E-state index in [9.17, 15) is 4.79 Å². The molecule has 1 amide bonds. The maximum absolute atomic E-state index is 11.8. The van der Waals surface area contributed by atoms with E-state index in [2.05, 4.69) is 10.6 Å². The number of amides is 1. The molecule has 0 heterocycles. The summed E-state index contributed by atoms with van der Waals surface area (Å²) in [5, 5.41) is 15.4. The van der Waals surface area contributed by atoms with E-state index in [-0.39, 0.29) is 18.7 Å². The summed E-state index contributed by atoms with van der Waals surface area (Å²) in [6.07, 6.45) is 1.47. The number of rotatable bonds is 7. The molecule has 3 rings (SSSR count). The van der Waals surface area contributed by atoms with Gasteiger partial charge in [0.15, 0.2) is 0 Å². The van der Waals surface area contributed by atoms with Crippen molar-refractivity contribution in [3.63, 3.8) is 0 Å². The zero-order valence-electron chi connectivity index (χ0n) is 14.2. The van der Waals surface area contributed by atoms with Crippen molar-refractivity contribution in [3.8, 4) is 0 Å². The highest BCUT2D eigenvalue weighted by atomic mass is 16.5. The Morgan fingerprint density at radius 3 is 2.32 bits per heavy atom. The summed E-state index contributed by atoms with van der Waals surface area (Å²) in [6, 6.07) is 18.2. The maximum Gasteiger partial charge on any atom is 0.407 e. The number of alkyl carbamates (subject to hydrolysis) is 1. The molecule has 1 aliphatic carbocycles. The minimum absolute atomic E-state index is 0.0735. The first-order chi connectivity index (χ1) is 12.2. The number of aliphatic hydroxyl groups is 1. The van der Waals surface area contributed by atoms with Crippen LogP contribution in [-0.4, -0.2) is 23.3 Å². The van der Waals surface area contributed by atoms with Crippen molar-refractivity contribution in [2.75, 3.05) is 0 Å². The van der Waals surface area contributed by atoms with Crippen molar-refractivity contribution < 1.29 is 14.6 Å². The molecule has 0 aromatic heterocycles. The molecule has 0 bridgehead atoms. The zero-order chi connectivity index (χ0) is 17.5. The van der Waals surface area contributed by atoms with E-state index in [1.165, 1.54) is 5.56 Å². The first kappa shape index (κ1) is 17.5. The Morgan fingerprint density at radius 1 is 0.960 bits per heavy atom. The quantitative estimate of drug-likeness (QED) is 0.725. The van der Waals surface area contributed by atoms with Gasteiger partial charge in [-0.1, -0.05) is 54.6 Å². The Kier molecular flexibility index (Phi) is 6.04. The van der Waals surface area contributed by atoms with Gasteiger partial charge in [-0.2, -0.15) is 0 Å². The molecule has 0 spiro atoms. The molecule has 3 N–H and O–H groups in total. The normalized spacial score (nSPS) is 19.1. The molecule has 0 radical (unpaired) electrons. The monoisotopic (exact) mass is 340 g/mol. The summed E-state index contributed by atoms with van der Waals surface area (Å²) in [6.45, 7) is 1.16. The largest absolute Gasteiger partial charge is 0.445 e. The number of hydrogen-bond acceptors (Lipinski definition) is 4. The first-order valence-corrected chi connectivity index (χ1v) is 8.62. The summed E-state index contributed by atoms with van der Waals surface area (Å²) in [7, 11) is 0. The topological polar surface area (TPSA) is 70.6 Å². The lowest BCUT2D eigenvalue weighted by Gasteiger charge is -2.36. The Bertz CT molecular complexity index is 667. The van der Waals surface area contributed by atoms with Crippen LogP contribution in [-0.2, 0) is 24.5 Å². The molecular weight excluding hydrogens is 316 g/mol. The van der Waals surface area contributed by atoms with Crippen LogP contribution in [0.5, 0.6) is 0 Å². The standard InChI is InChI=1S/C20H24N2O3/c23-13-16-8-6-15(7-9-16)12-21-18-10-19(11-18)22-20(24)25-14-17-4-2-1-3-5-17/h1-9,18-19,21,23H,10-14H2,(H,22,24). The minimum atomic E-state index is -0.355. The highest BCUT2D eigenvalue weighted by Crippen LogP contribution is 2.20. The fraction of sp³-hybridized carbons (Fsp3) is 0.350. The number of carbonyl (C=O) groups excluding carboxylic acids is 1. The van der Waals surface area contributed by atoms with E-state index in [1.807, 2.05) is 54.6 Å². The number of nitrogens with one attached hydrogen (secondary N) is 2. The van der Waals surface area contributed by atoms with Crippen LogP contribution in [0, 0.1) is 0 Å². The molecular formula is C20H24N2O3. The molecule has 0 saturated heterocycles. The van der Waals surface area contributed by atoms with Crippen molar-refractivity contribution in [1.82, 2.24) is 10.6 Å². The van der Waals surface area contributed by atoms with Gasteiger partial charge in [0.25, 0.3) is 0 Å². The van der Waals surface area contributed by atoms with Gasteiger partial charge >= 0.3 is 6.09 Å². The molecule has 25 heavy (non-hydrogen) atoms. The van der Waals surface area contributed by atoms with Crippen LogP contribution in [0.15, 0.2) is 54.6 Å². The van der Waals surface area contributed by atoms with Crippen molar-refractivity contribution in [2.45, 2.75) is 44.7 Å². The fourth-order valence-corrected chi connectivity index (χ4v) is 2.86. The summed E-state index contributed by atoms with van der Waals surface area (Å²) in [5.74, 6) is 0. The average molecular weight is 340 g/mol. The predicted octanol–water partition coefficient (Wildman–Crippen LogP) is 2.73. The van der Waals surface area contributed by atoms with Crippen LogP contribution < -0.4 is 10.6 Å². The van der Waals surface area contributed by atoms with Gasteiger partial charge in [0.1, 0.15) is 6.61 Å². The van der Waals surface area contributed by atoms with Gasteiger partial charge in [-0.05, 0) is 29.5 Å². The maximum atomic E-state index is 11.8. The van der Waals surface area contributed by atoms with Gasteiger partial charge in [0.05, 0.1) is 6.61 Å². The molecule has 2 aromatic carbocycles. The summed E-state index contributed by atoms with van der Waals surface area (Å²) >= 11 is 0. The third-order valence-electron chi connectivity index (χ3n) is 4.47. The van der Waals surface area contributed by atoms with E-state index in [1.54, 1.807) is 0 Å². The van der Waals surface area contributed by atoms with Gasteiger partial charge in [0.2, 0.25) is 0 Å². The second kappa shape index (κ2) is 8.65. The van der Waals surface area contributed by atoms with Crippen molar-refractivity contribution in [2.24, 2.45) is 0 Å². The number of hydrogen-bond donors (Lipinski definition) is 3. The predicted molar refractivity (Wildman–Crippen MR) is 95.8 cm³/mol. The van der Waals surface area contributed by atoms with Gasteiger partial charge in [0, 0.05) is 18.6 Å². The number of carbonyl (C=O) groups is 1. The second-order valence-corrected chi connectivity index (χ2v) is 6.43. The van der Waals surface area contributed by atoms with Crippen LogP contribution in [0.3, 0.4) is 0 Å². The molecule has 2 aromatic rings. The number of aliphatic hydroxyl groups excluding tert-OH is 1. The van der Waals surface area contributed by atoms with Gasteiger partial charge in [-0.25, -0.2) is 4.79 Å². The van der Waals surface area contributed by atoms with E-state index >= 15 is 0 Å². The molecule has 132 valence electrons. The van der Waals surface area contributed by atoms with Crippen LogP contribution in [0.1, 0.15) is 29.5 Å². The van der Waals surface area contributed by atoms with Gasteiger partial charge in [-0.3, -0.25) is 0 Å². The van der Waals surface area contributed by atoms with Crippen molar-refractivity contribution in [1.29, 1.82) is 0 Å². The Hall–Kier alpha value is -2.37. The highest BCUT2D eigenvalue weighted by molar-refractivity contribution is 5.67. The molecule has 0 aliphatic heterocycles. The SMILES string of the molecule is O=C(NC1CC(NCc2ccc(CO)cc2)C1)OCc1ccccc1. The smallest absolute Gasteiger partial charge is 0.407 e. The van der Waals surface area contributed by atoms with Gasteiger partial charge in [-0.15, -0.1) is 0 Å². The van der Waals surface area contributed by atoms with Crippen LogP contribution in [0.25, 0.3) is 0 Å². The molecule has 1 fully saturated rings. The average Bonchev–Trinajstić information content (AvgIpc) is 2.63. The molecule has 5 nitrogen and oxygen atoms in total. The lowest BCUT2D eigenvalue weighted by molar-refractivity contribution is 0.125. The second-order valence-electron chi connectivity index (χ2n) is 6.43. The Balaban J connectivity index is 1.30. The minimum Gasteiger partial charge on any atom is -0.445 e. The first-order valence-electron chi connectivity index (χ1n) is 8.62. The summed E-state index contributed by atoms with van der Waals surface area (Å²) in [4.78, 5) is 11.8. The Morgan fingerprint density at radius 2 is 1.64 bits per heavy atom. The van der Waals surface area contributed by atoms with E-state index in [0.717, 1.165) is 30.5 Å². The van der Waals surface area contributed by atoms with Crippen LogP contribution in [0.4, 0.5) is 4.79 Å². The lowest BCUT2D eigenvalue weighted by atomic mass is 9.87. The lowest BCUT2D eigenvalue weighted by Crippen LogP contribution is -2.52. The summed E-state index contributed by atoms with van der Waals surface area (Å²) < 4.78 is 5.23. The molecule has 1 aliphatic rings. The van der Waals surface area contributed by atoms with Crippen LogP contribution >= 0.6 is 0 Å².